The molecule has 3 aromatic rings. The highest BCUT2D eigenvalue weighted by molar-refractivity contribution is 9.10. The maximum absolute atomic E-state index is 13.3. The van der Waals surface area contributed by atoms with Crippen molar-refractivity contribution in [3.05, 3.63) is 82.2 Å². The second-order valence-corrected chi connectivity index (χ2v) is 7.95. The third-order valence-corrected chi connectivity index (χ3v) is 5.43. The lowest BCUT2D eigenvalue weighted by atomic mass is 10.1. The SMILES string of the molecule is Cc1ccc(NC(=O)CN2C(=O)CC(c3ccc(F)cc3)=Nc3cccnc32)c(Br)c1. The number of amides is 2. The lowest BCUT2D eigenvalue weighted by Gasteiger charge is -2.21. The Bertz CT molecular complexity index is 1190. The first-order chi connectivity index (χ1) is 14.9. The van der Waals surface area contributed by atoms with Gasteiger partial charge in [0.2, 0.25) is 11.8 Å². The fraction of sp³-hybridized carbons (Fsp3) is 0.130. The van der Waals surface area contributed by atoms with E-state index in [0.29, 0.717) is 28.5 Å². The molecule has 0 saturated heterocycles. The highest BCUT2D eigenvalue weighted by Gasteiger charge is 2.28. The molecule has 0 fully saturated rings. The van der Waals surface area contributed by atoms with Gasteiger partial charge in [0, 0.05) is 10.7 Å². The van der Waals surface area contributed by atoms with Crippen molar-refractivity contribution in [1.82, 2.24) is 4.98 Å². The van der Waals surface area contributed by atoms with Gasteiger partial charge in [0.15, 0.2) is 5.82 Å². The van der Waals surface area contributed by atoms with Crippen LogP contribution < -0.4 is 10.2 Å². The number of rotatable bonds is 4. The number of nitrogens with zero attached hydrogens (tertiary/aromatic N) is 3. The molecule has 1 N–H and O–H groups in total. The Balaban J connectivity index is 1.60. The number of pyridine rings is 1. The van der Waals surface area contributed by atoms with Crippen molar-refractivity contribution in [2.45, 2.75) is 13.3 Å². The molecule has 0 unspecified atom stereocenters. The molecule has 8 heteroatoms. The van der Waals surface area contributed by atoms with Gasteiger partial charge in [-0.1, -0.05) is 18.2 Å². The van der Waals surface area contributed by atoms with Crippen molar-refractivity contribution < 1.29 is 14.0 Å². The second-order valence-electron chi connectivity index (χ2n) is 7.10. The number of aliphatic imine (C=N–C) groups is 1. The van der Waals surface area contributed by atoms with Crippen molar-refractivity contribution in [3.63, 3.8) is 0 Å². The topological polar surface area (TPSA) is 74.7 Å². The molecule has 2 aromatic carbocycles. The van der Waals surface area contributed by atoms with Crippen molar-refractivity contribution >= 4 is 50.6 Å². The second kappa shape index (κ2) is 8.77. The standard InChI is InChI=1S/C23H18BrFN4O2/c1-14-4-9-18(17(24)11-14)28-21(30)13-29-22(31)12-20(15-5-7-16(25)8-6-15)27-19-3-2-10-26-23(19)29/h2-11H,12-13H2,1H3,(H,28,30). The fourth-order valence-corrected chi connectivity index (χ4v) is 3.84. The number of aryl methyl sites for hydroxylation is 1. The summed E-state index contributed by atoms with van der Waals surface area (Å²) in [6.45, 7) is 1.74. The number of fused-ring (bicyclic) bond motifs is 1. The summed E-state index contributed by atoms with van der Waals surface area (Å²) in [5, 5.41) is 2.82. The molecule has 31 heavy (non-hydrogen) atoms. The van der Waals surface area contributed by atoms with Gasteiger partial charge in [-0.3, -0.25) is 14.5 Å². The van der Waals surface area contributed by atoms with Gasteiger partial charge >= 0.3 is 0 Å². The van der Waals surface area contributed by atoms with Gasteiger partial charge in [-0.15, -0.1) is 0 Å². The third-order valence-electron chi connectivity index (χ3n) is 4.77. The molecule has 2 heterocycles. The van der Waals surface area contributed by atoms with E-state index < -0.39 is 0 Å². The number of benzene rings is 2. The number of nitrogens with one attached hydrogen (secondary N) is 1. The van der Waals surface area contributed by atoms with Crippen LogP contribution in [0.4, 0.5) is 21.6 Å². The van der Waals surface area contributed by atoms with Crippen LogP contribution in [0.5, 0.6) is 0 Å². The minimum absolute atomic E-state index is 0.0382. The van der Waals surface area contributed by atoms with Crippen LogP contribution >= 0.6 is 15.9 Å². The Labute approximate surface area is 187 Å². The van der Waals surface area contributed by atoms with E-state index in [4.69, 9.17) is 0 Å². The molecule has 0 radical (unpaired) electrons. The fourth-order valence-electron chi connectivity index (χ4n) is 3.25. The number of aromatic nitrogens is 1. The van der Waals surface area contributed by atoms with Crippen LogP contribution in [0, 0.1) is 12.7 Å². The molecule has 0 spiro atoms. The molecular formula is C23H18BrFN4O2. The number of anilines is 2. The number of carbonyl (C=O) groups is 2. The Kier molecular flexibility index (Phi) is 5.90. The van der Waals surface area contributed by atoms with Crippen LogP contribution in [-0.2, 0) is 9.59 Å². The maximum Gasteiger partial charge on any atom is 0.244 e. The van der Waals surface area contributed by atoms with Gasteiger partial charge in [-0.05, 0) is 70.4 Å². The molecule has 4 rings (SSSR count). The first-order valence-electron chi connectivity index (χ1n) is 9.55. The van der Waals surface area contributed by atoms with Crippen molar-refractivity contribution in [2.24, 2.45) is 4.99 Å². The zero-order valence-electron chi connectivity index (χ0n) is 16.6. The Hall–Kier alpha value is -3.39. The molecule has 2 amide bonds. The maximum atomic E-state index is 13.3. The molecule has 1 aromatic heterocycles. The minimum Gasteiger partial charge on any atom is -0.324 e. The molecular weight excluding hydrogens is 463 g/mol. The Morgan fingerprint density at radius 2 is 1.97 bits per heavy atom. The van der Waals surface area contributed by atoms with Crippen LogP contribution in [0.3, 0.4) is 0 Å². The summed E-state index contributed by atoms with van der Waals surface area (Å²) in [6, 6.07) is 14.8. The van der Waals surface area contributed by atoms with E-state index >= 15 is 0 Å². The lowest BCUT2D eigenvalue weighted by Crippen LogP contribution is -2.39. The molecule has 0 atom stereocenters. The van der Waals surface area contributed by atoms with Crippen LogP contribution in [0.2, 0.25) is 0 Å². The summed E-state index contributed by atoms with van der Waals surface area (Å²) in [4.78, 5) is 36.0. The zero-order chi connectivity index (χ0) is 22.0. The van der Waals surface area contributed by atoms with Gasteiger partial charge in [0.25, 0.3) is 0 Å². The average Bonchev–Trinajstić information content (AvgIpc) is 2.87. The molecule has 0 aliphatic carbocycles. The first-order valence-corrected chi connectivity index (χ1v) is 10.3. The summed E-state index contributed by atoms with van der Waals surface area (Å²) in [5.41, 5.74) is 3.26. The van der Waals surface area contributed by atoms with Gasteiger partial charge in [0.05, 0.1) is 17.8 Å². The average molecular weight is 481 g/mol. The van der Waals surface area contributed by atoms with E-state index in [-0.39, 0.29) is 30.6 Å². The van der Waals surface area contributed by atoms with Crippen LogP contribution in [0.1, 0.15) is 17.5 Å². The summed E-state index contributed by atoms with van der Waals surface area (Å²) < 4.78 is 14.1. The lowest BCUT2D eigenvalue weighted by molar-refractivity contribution is -0.120. The molecule has 0 bridgehead atoms. The molecule has 0 saturated carbocycles. The summed E-state index contributed by atoms with van der Waals surface area (Å²) in [7, 11) is 0. The van der Waals surface area contributed by atoms with Crippen molar-refractivity contribution in [2.75, 3.05) is 16.8 Å². The summed E-state index contributed by atoms with van der Waals surface area (Å²) in [5.74, 6) is -0.743. The van der Waals surface area contributed by atoms with Crippen LogP contribution in [0.25, 0.3) is 0 Å². The van der Waals surface area contributed by atoms with E-state index in [0.717, 1.165) is 10.0 Å². The van der Waals surface area contributed by atoms with Gasteiger partial charge in [-0.25, -0.2) is 14.4 Å². The minimum atomic E-state index is -0.369. The highest BCUT2D eigenvalue weighted by atomic mass is 79.9. The van der Waals surface area contributed by atoms with Gasteiger partial charge in [-0.2, -0.15) is 0 Å². The first kappa shape index (κ1) is 20.9. The normalized spacial score (nSPS) is 13.3. The smallest absolute Gasteiger partial charge is 0.244 e. The number of halogens is 2. The highest BCUT2D eigenvalue weighted by Crippen LogP contribution is 2.31. The predicted molar refractivity (Wildman–Crippen MR) is 121 cm³/mol. The monoisotopic (exact) mass is 480 g/mol. The zero-order valence-corrected chi connectivity index (χ0v) is 18.2. The summed E-state index contributed by atoms with van der Waals surface area (Å²) in [6.07, 6.45) is 1.51. The van der Waals surface area contributed by atoms with Gasteiger partial charge in [0.1, 0.15) is 18.0 Å². The van der Waals surface area contributed by atoms with Crippen LogP contribution in [-0.4, -0.2) is 29.1 Å². The summed E-state index contributed by atoms with van der Waals surface area (Å²) >= 11 is 3.44. The van der Waals surface area contributed by atoms with Crippen LogP contribution in [0.15, 0.2) is 70.3 Å². The molecule has 6 nitrogen and oxygen atoms in total. The number of hydrogen-bond donors (Lipinski definition) is 1. The number of carbonyl (C=O) groups excluding carboxylic acids is 2. The van der Waals surface area contributed by atoms with E-state index in [9.17, 15) is 14.0 Å². The third kappa shape index (κ3) is 4.69. The van der Waals surface area contributed by atoms with E-state index in [1.54, 1.807) is 36.5 Å². The molecule has 1 aliphatic rings. The Morgan fingerprint density at radius 3 is 2.71 bits per heavy atom. The van der Waals surface area contributed by atoms with Gasteiger partial charge < -0.3 is 5.32 Å². The number of hydrogen-bond acceptors (Lipinski definition) is 4. The van der Waals surface area contributed by atoms with E-state index in [1.165, 1.54) is 17.0 Å². The Morgan fingerprint density at radius 1 is 1.19 bits per heavy atom. The predicted octanol–water partition coefficient (Wildman–Crippen LogP) is 4.79. The van der Waals surface area contributed by atoms with Crippen molar-refractivity contribution in [1.29, 1.82) is 0 Å². The largest absolute Gasteiger partial charge is 0.324 e. The van der Waals surface area contributed by atoms with E-state index in [1.807, 2.05) is 19.1 Å². The molecule has 1 aliphatic heterocycles. The van der Waals surface area contributed by atoms with E-state index in [2.05, 4.69) is 31.2 Å². The van der Waals surface area contributed by atoms with Crippen molar-refractivity contribution in [3.8, 4) is 0 Å². The molecule has 156 valence electrons. The quantitative estimate of drug-likeness (QED) is 0.583.